The van der Waals surface area contributed by atoms with Crippen molar-refractivity contribution in [3.63, 3.8) is 0 Å². The van der Waals surface area contributed by atoms with Gasteiger partial charge in [-0.3, -0.25) is 4.79 Å². The Labute approximate surface area is 117 Å². The molecule has 20 heavy (non-hydrogen) atoms. The Morgan fingerprint density at radius 2 is 2.20 bits per heavy atom. The molecule has 0 saturated carbocycles. The summed E-state index contributed by atoms with van der Waals surface area (Å²) in [6, 6.07) is 5.89. The number of aldehydes is 1. The molecule has 0 aliphatic heterocycles. The second kappa shape index (κ2) is 4.94. The molecule has 0 bridgehead atoms. The van der Waals surface area contributed by atoms with E-state index < -0.39 is 5.82 Å². The molecule has 0 radical (unpaired) electrons. The van der Waals surface area contributed by atoms with Crippen molar-refractivity contribution in [2.45, 2.75) is 0 Å². The van der Waals surface area contributed by atoms with Crippen molar-refractivity contribution in [2.75, 3.05) is 0 Å². The second-order valence-electron chi connectivity index (χ2n) is 3.98. The molecule has 6 heteroatoms. The van der Waals surface area contributed by atoms with E-state index in [0.29, 0.717) is 17.7 Å². The van der Waals surface area contributed by atoms with Gasteiger partial charge in [0.25, 0.3) is 0 Å². The first-order chi connectivity index (χ1) is 9.69. The SMILES string of the molecule is O=Cc1c(Oc2cnc3occc3c2)ccc(F)c1Cl. The molecular weight excluding hydrogens is 285 g/mol. The number of rotatable bonds is 3. The zero-order valence-corrected chi connectivity index (χ0v) is 10.7. The Hall–Kier alpha value is -2.40. The zero-order chi connectivity index (χ0) is 14.1. The predicted molar refractivity (Wildman–Crippen MR) is 70.9 cm³/mol. The Morgan fingerprint density at radius 1 is 1.35 bits per heavy atom. The first kappa shape index (κ1) is 12.6. The summed E-state index contributed by atoms with van der Waals surface area (Å²) in [6.07, 6.45) is 3.40. The molecule has 0 unspecified atom stereocenters. The number of hydrogen-bond acceptors (Lipinski definition) is 4. The van der Waals surface area contributed by atoms with Crippen LogP contribution in [-0.4, -0.2) is 11.3 Å². The maximum absolute atomic E-state index is 13.3. The largest absolute Gasteiger partial charge is 0.455 e. The van der Waals surface area contributed by atoms with Crippen LogP contribution in [0.15, 0.2) is 41.1 Å². The highest BCUT2D eigenvalue weighted by molar-refractivity contribution is 6.33. The summed E-state index contributed by atoms with van der Waals surface area (Å²) in [5.74, 6) is -0.120. The van der Waals surface area contributed by atoms with Crippen molar-refractivity contribution in [3.05, 3.63) is 53.1 Å². The van der Waals surface area contributed by atoms with E-state index in [2.05, 4.69) is 4.98 Å². The monoisotopic (exact) mass is 291 g/mol. The number of halogens is 2. The number of carbonyl (C=O) groups is 1. The molecule has 2 heterocycles. The molecule has 1 aromatic carbocycles. The van der Waals surface area contributed by atoms with Gasteiger partial charge in [0.15, 0.2) is 6.29 Å². The second-order valence-corrected chi connectivity index (χ2v) is 4.36. The molecule has 0 amide bonds. The molecule has 2 aromatic heterocycles. The molecule has 0 N–H and O–H groups in total. The quantitative estimate of drug-likeness (QED) is 0.678. The van der Waals surface area contributed by atoms with Crippen LogP contribution >= 0.6 is 11.6 Å². The normalized spacial score (nSPS) is 10.7. The third-order valence-corrected chi connectivity index (χ3v) is 3.10. The zero-order valence-electron chi connectivity index (χ0n) is 9.97. The van der Waals surface area contributed by atoms with E-state index in [1.807, 2.05) is 0 Å². The van der Waals surface area contributed by atoms with E-state index in [9.17, 15) is 9.18 Å². The summed E-state index contributed by atoms with van der Waals surface area (Å²) in [4.78, 5) is 15.0. The molecular formula is C14H7ClFNO3. The molecule has 0 saturated heterocycles. The van der Waals surface area contributed by atoms with Crippen LogP contribution in [0.2, 0.25) is 5.02 Å². The van der Waals surface area contributed by atoms with Crippen molar-refractivity contribution in [3.8, 4) is 11.5 Å². The molecule has 0 aliphatic carbocycles. The maximum atomic E-state index is 13.3. The number of carbonyl (C=O) groups excluding carboxylic acids is 1. The smallest absolute Gasteiger partial charge is 0.226 e. The van der Waals surface area contributed by atoms with E-state index >= 15 is 0 Å². The van der Waals surface area contributed by atoms with Gasteiger partial charge in [0.2, 0.25) is 5.71 Å². The van der Waals surface area contributed by atoms with Gasteiger partial charge in [-0.2, -0.15) is 0 Å². The number of hydrogen-bond donors (Lipinski definition) is 0. The summed E-state index contributed by atoms with van der Waals surface area (Å²) >= 11 is 5.73. The highest BCUT2D eigenvalue weighted by Crippen LogP contribution is 2.31. The third-order valence-electron chi connectivity index (χ3n) is 2.72. The molecule has 0 atom stereocenters. The fourth-order valence-electron chi connectivity index (χ4n) is 1.77. The maximum Gasteiger partial charge on any atom is 0.226 e. The average molecular weight is 292 g/mol. The Balaban J connectivity index is 2.02. The van der Waals surface area contributed by atoms with Crippen LogP contribution in [0.1, 0.15) is 10.4 Å². The lowest BCUT2D eigenvalue weighted by molar-refractivity contribution is 0.112. The van der Waals surface area contributed by atoms with Gasteiger partial charge >= 0.3 is 0 Å². The van der Waals surface area contributed by atoms with Crippen LogP contribution in [0.25, 0.3) is 11.1 Å². The predicted octanol–water partition coefficient (Wildman–Crippen LogP) is 4.23. The van der Waals surface area contributed by atoms with E-state index in [-0.39, 0.29) is 16.3 Å². The van der Waals surface area contributed by atoms with Crippen molar-refractivity contribution in [1.29, 1.82) is 0 Å². The minimum absolute atomic E-state index is 0.0426. The summed E-state index contributed by atoms with van der Waals surface area (Å²) in [7, 11) is 0. The lowest BCUT2D eigenvalue weighted by atomic mass is 10.2. The standard InChI is InChI=1S/C14H7ClFNO3/c15-13-10(7-18)12(2-1-11(13)16)20-9-5-8-3-4-19-14(8)17-6-9/h1-7H. The Morgan fingerprint density at radius 3 is 3.00 bits per heavy atom. The summed E-state index contributed by atoms with van der Waals surface area (Å²) < 4.78 is 23.9. The number of fused-ring (bicyclic) bond motifs is 1. The highest BCUT2D eigenvalue weighted by atomic mass is 35.5. The number of pyridine rings is 1. The van der Waals surface area contributed by atoms with Crippen molar-refractivity contribution in [1.82, 2.24) is 4.98 Å². The number of benzene rings is 1. The van der Waals surface area contributed by atoms with Gasteiger partial charge in [0.05, 0.1) is 23.0 Å². The molecule has 0 spiro atoms. The Kier molecular flexibility index (Phi) is 3.12. The molecule has 0 fully saturated rings. The minimum atomic E-state index is -0.676. The number of furan rings is 1. The molecule has 4 nitrogen and oxygen atoms in total. The first-order valence-electron chi connectivity index (χ1n) is 5.63. The van der Waals surface area contributed by atoms with E-state index in [4.69, 9.17) is 20.8 Å². The number of nitrogens with zero attached hydrogens (tertiary/aromatic N) is 1. The molecule has 100 valence electrons. The van der Waals surface area contributed by atoms with Gasteiger partial charge in [0, 0.05) is 5.39 Å². The minimum Gasteiger partial charge on any atom is -0.455 e. The molecule has 3 aromatic rings. The van der Waals surface area contributed by atoms with Crippen molar-refractivity contribution < 1.29 is 18.3 Å². The number of ether oxygens (including phenoxy) is 1. The van der Waals surface area contributed by atoms with E-state index in [1.54, 1.807) is 12.1 Å². The van der Waals surface area contributed by atoms with Crippen molar-refractivity contribution >= 4 is 29.0 Å². The van der Waals surface area contributed by atoms with Gasteiger partial charge in [-0.05, 0) is 24.3 Å². The molecule has 0 aliphatic rings. The van der Waals surface area contributed by atoms with Crippen LogP contribution in [-0.2, 0) is 0 Å². The third kappa shape index (κ3) is 2.12. The van der Waals surface area contributed by atoms with Gasteiger partial charge < -0.3 is 9.15 Å². The fraction of sp³-hybridized carbons (Fsp3) is 0. The summed E-state index contributed by atoms with van der Waals surface area (Å²) in [5.41, 5.74) is 0.434. The number of aromatic nitrogens is 1. The lowest BCUT2D eigenvalue weighted by Gasteiger charge is -2.09. The van der Waals surface area contributed by atoms with Crippen LogP contribution in [0, 0.1) is 5.82 Å². The Bertz CT molecular complexity index is 800. The van der Waals surface area contributed by atoms with E-state index in [1.165, 1.54) is 18.5 Å². The lowest BCUT2D eigenvalue weighted by Crippen LogP contribution is -1.94. The average Bonchev–Trinajstić information content (AvgIpc) is 2.91. The van der Waals surface area contributed by atoms with Gasteiger partial charge in [-0.15, -0.1) is 0 Å². The van der Waals surface area contributed by atoms with Crippen LogP contribution in [0.5, 0.6) is 11.5 Å². The highest BCUT2D eigenvalue weighted by Gasteiger charge is 2.13. The van der Waals surface area contributed by atoms with Gasteiger partial charge in [-0.1, -0.05) is 11.6 Å². The van der Waals surface area contributed by atoms with Crippen molar-refractivity contribution in [2.24, 2.45) is 0 Å². The topological polar surface area (TPSA) is 52.3 Å². The van der Waals surface area contributed by atoms with Crippen LogP contribution < -0.4 is 4.74 Å². The fourth-order valence-corrected chi connectivity index (χ4v) is 1.97. The van der Waals surface area contributed by atoms with Crippen LogP contribution in [0.4, 0.5) is 4.39 Å². The van der Waals surface area contributed by atoms with Crippen LogP contribution in [0.3, 0.4) is 0 Å². The molecule has 3 rings (SSSR count). The van der Waals surface area contributed by atoms with Gasteiger partial charge in [0.1, 0.15) is 17.3 Å². The summed E-state index contributed by atoms with van der Waals surface area (Å²) in [5, 5.41) is 0.484. The first-order valence-corrected chi connectivity index (χ1v) is 6.01. The summed E-state index contributed by atoms with van der Waals surface area (Å²) in [6.45, 7) is 0. The van der Waals surface area contributed by atoms with Gasteiger partial charge in [-0.25, -0.2) is 9.37 Å². The van der Waals surface area contributed by atoms with E-state index in [0.717, 1.165) is 11.5 Å².